The van der Waals surface area contributed by atoms with Gasteiger partial charge in [0.05, 0.1) is 0 Å². The standard InChI is InChI=1S/C10H20.CH4/c1-9(2,3)7-8-10(4,5)6;/h7-8H,1-6H3;1H4/b8-7+;. The molecule has 0 aromatic rings. The average Bonchev–Trinajstić information content (AvgIpc) is 1.57. The van der Waals surface area contributed by atoms with Gasteiger partial charge in [0.2, 0.25) is 0 Å². The number of hydrogen-bond donors (Lipinski definition) is 0. The van der Waals surface area contributed by atoms with Gasteiger partial charge >= 0.3 is 0 Å². The first kappa shape index (κ1) is 13.3. The van der Waals surface area contributed by atoms with Crippen LogP contribution < -0.4 is 0 Å². The minimum atomic E-state index is 0. The van der Waals surface area contributed by atoms with Gasteiger partial charge in [-0.2, -0.15) is 0 Å². The molecule has 0 saturated heterocycles. The topological polar surface area (TPSA) is 0 Å². The monoisotopic (exact) mass is 156 g/mol. The maximum Gasteiger partial charge on any atom is -0.0203 e. The molecule has 0 spiro atoms. The van der Waals surface area contributed by atoms with Gasteiger partial charge in [-0.25, -0.2) is 0 Å². The lowest BCUT2D eigenvalue weighted by atomic mass is 9.89. The van der Waals surface area contributed by atoms with E-state index in [1.165, 1.54) is 0 Å². The molecule has 0 aromatic heterocycles. The number of hydrogen-bond acceptors (Lipinski definition) is 0. The second-order valence-electron chi connectivity index (χ2n) is 5.07. The second kappa shape index (κ2) is 3.94. The Hall–Kier alpha value is -0.260. The summed E-state index contributed by atoms with van der Waals surface area (Å²) < 4.78 is 0. The van der Waals surface area contributed by atoms with Gasteiger partial charge in [-0.15, -0.1) is 0 Å². The highest BCUT2D eigenvalue weighted by Crippen LogP contribution is 2.21. The number of rotatable bonds is 0. The maximum atomic E-state index is 2.27. The summed E-state index contributed by atoms with van der Waals surface area (Å²) in [7, 11) is 0. The van der Waals surface area contributed by atoms with Gasteiger partial charge in [0.15, 0.2) is 0 Å². The first-order chi connectivity index (χ1) is 4.21. The molecule has 11 heavy (non-hydrogen) atoms. The SMILES string of the molecule is C.CC(C)(C)/C=C/C(C)(C)C. The molecule has 0 nitrogen and oxygen atoms in total. The average molecular weight is 156 g/mol. The molecule has 0 aliphatic rings. The quantitative estimate of drug-likeness (QED) is 0.459. The molecule has 0 saturated carbocycles. The Morgan fingerprint density at radius 1 is 0.636 bits per heavy atom. The summed E-state index contributed by atoms with van der Waals surface area (Å²) in [5.74, 6) is 0. The molecule has 0 bridgehead atoms. The minimum absolute atomic E-state index is 0. The summed E-state index contributed by atoms with van der Waals surface area (Å²) in [6, 6.07) is 0. The van der Waals surface area contributed by atoms with Crippen molar-refractivity contribution in [2.24, 2.45) is 10.8 Å². The zero-order valence-corrected chi connectivity index (χ0v) is 8.15. The molecule has 0 aromatic carbocycles. The predicted molar refractivity (Wildman–Crippen MR) is 54.8 cm³/mol. The van der Waals surface area contributed by atoms with Crippen molar-refractivity contribution in [3.8, 4) is 0 Å². The summed E-state index contributed by atoms with van der Waals surface area (Å²) in [4.78, 5) is 0. The summed E-state index contributed by atoms with van der Waals surface area (Å²) in [5, 5.41) is 0. The molecular formula is C11H24. The lowest BCUT2D eigenvalue weighted by Crippen LogP contribution is -2.04. The van der Waals surface area contributed by atoms with Crippen LogP contribution in [0.4, 0.5) is 0 Å². The highest BCUT2D eigenvalue weighted by molar-refractivity contribution is 4.98. The second-order valence-corrected chi connectivity index (χ2v) is 5.07. The molecule has 0 radical (unpaired) electrons. The first-order valence-electron chi connectivity index (χ1n) is 3.91. The molecule has 0 rings (SSSR count). The van der Waals surface area contributed by atoms with Gasteiger partial charge in [-0.3, -0.25) is 0 Å². The van der Waals surface area contributed by atoms with E-state index in [4.69, 9.17) is 0 Å². The van der Waals surface area contributed by atoms with Crippen molar-refractivity contribution in [3.05, 3.63) is 12.2 Å². The van der Waals surface area contributed by atoms with Gasteiger partial charge in [0, 0.05) is 0 Å². The van der Waals surface area contributed by atoms with Crippen molar-refractivity contribution in [2.45, 2.75) is 49.0 Å². The Labute approximate surface area is 72.7 Å². The van der Waals surface area contributed by atoms with Crippen molar-refractivity contribution in [2.75, 3.05) is 0 Å². The lowest BCUT2D eigenvalue weighted by Gasteiger charge is -2.17. The van der Waals surface area contributed by atoms with E-state index in [1.54, 1.807) is 0 Å². The summed E-state index contributed by atoms with van der Waals surface area (Å²) in [6.07, 6.45) is 4.54. The predicted octanol–water partition coefficient (Wildman–Crippen LogP) is 4.27. The van der Waals surface area contributed by atoms with E-state index in [0.717, 1.165) is 0 Å². The van der Waals surface area contributed by atoms with Crippen LogP contribution in [0.1, 0.15) is 49.0 Å². The summed E-state index contributed by atoms with van der Waals surface area (Å²) >= 11 is 0. The van der Waals surface area contributed by atoms with Crippen molar-refractivity contribution in [1.82, 2.24) is 0 Å². The highest BCUT2D eigenvalue weighted by Gasteiger charge is 2.08. The van der Waals surface area contributed by atoms with Crippen LogP contribution in [0.25, 0.3) is 0 Å². The molecule has 0 heteroatoms. The largest absolute Gasteiger partial charge is 0.0826 e. The summed E-state index contributed by atoms with van der Waals surface area (Å²) in [5.41, 5.74) is 0.653. The molecule has 0 heterocycles. The minimum Gasteiger partial charge on any atom is -0.0826 e. The van der Waals surface area contributed by atoms with Crippen molar-refractivity contribution >= 4 is 0 Å². The van der Waals surface area contributed by atoms with Crippen LogP contribution in [-0.4, -0.2) is 0 Å². The van der Waals surface area contributed by atoms with Crippen LogP contribution >= 0.6 is 0 Å². The molecule has 0 aliphatic carbocycles. The third kappa shape index (κ3) is 12.8. The molecule has 0 unspecified atom stereocenters. The van der Waals surface area contributed by atoms with Crippen molar-refractivity contribution in [3.63, 3.8) is 0 Å². The Bertz CT molecular complexity index is 100.0. The zero-order valence-electron chi connectivity index (χ0n) is 8.15. The Balaban J connectivity index is 0. The molecular weight excluding hydrogens is 132 g/mol. The maximum absolute atomic E-state index is 2.27. The fourth-order valence-electron chi connectivity index (χ4n) is 0.500. The molecule has 0 amide bonds. The smallest absolute Gasteiger partial charge is 0.0203 e. The molecule has 0 aliphatic heterocycles. The van der Waals surface area contributed by atoms with Gasteiger partial charge < -0.3 is 0 Å². The summed E-state index contributed by atoms with van der Waals surface area (Å²) in [6.45, 7) is 13.3. The fraction of sp³-hybridized carbons (Fsp3) is 0.818. The Morgan fingerprint density at radius 3 is 0.909 bits per heavy atom. The van der Waals surface area contributed by atoms with Crippen LogP contribution in [0.5, 0.6) is 0 Å². The van der Waals surface area contributed by atoms with Gasteiger partial charge in [0.25, 0.3) is 0 Å². The fourth-order valence-corrected chi connectivity index (χ4v) is 0.500. The van der Waals surface area contributed by atoms with Gasteiger partial charge in [0.1, 0.15) is 0 Å². The first-order valence-corrected chi connectivity index (χ1v) is 3.91. The van der Waals surface area contributed by atoms with Crippen LogP contribution in [0.2, 0.25) is 0 Å². The van der Waals surface area contributed by atoms with E-state index < -0.39 is 0 Å². The van der Waals surface area contributed by atoms with E-state index in [2.05, 4.69) is 53.7 Å². The normalized spacial score (nSPS) is 13.3. The van der Waals surface area contributed by atoms with Gasteiger partial charge in [-0.1, -0.05) is 61.1 Å². The van der Waals surface area contributed by atoms with E-state index >= 15 is 0 Å². The third-order valence-corrected chi connectivity index (χ3v) is 1.08. The van der Waals surface area contributed by atoms with Gasteiger partial charge in [-0.05, 0) is 10.8 Å². The van der Waals surface area contributed by atoms with Crippen LogP contribution in [0.15, 0.2) is 12.2 Å². The zero-order chi connectivity index (χ0) is 8.41. The van der Waals surface area contributed by atoms with Crippen molar-refractivity contribution in [1.29, 1.82) is 0 Å². The van der Waals surface area contributed by atoms with E-state index in [-0.39, 0.29) is 7.43 Å². The highest BCUT2D eigenvalue weighted by atomic mass is 14.1. The van der Waals surface area contributed by atoms with E-state index in [9.17, 15) is 0 Å². The van der Waals surface area contributed by atoms with Crippen molar-refractivity contribution < 1.29 is 0 Å². The third-order valence-electron chi connectivity index (χ3n) is 1.08. The van der Waals surface area contributed by atoms with Crippen LogP contribution in [0.3, 0.4) is 0 Å². The number of allylic oxidation sites excluding steroid dienone is 2. The molecule has 0 atom stereocenters. The Kier molecular flexibility index (Phi) is 4.78. The Morgan fingerprint density at radius 2 is 0.818 bits per heavy atom. The molecule has 0 fully saturated rings. The molecule has 68 valence electrons. The van der Waals surface area contributed by atoms with Crippen LogP contribution in [-0.2, 0) is 0 Å². The van der Waals surface area contributed by atoms with Crippen LogP contribution in [0, 0.1) is 10.8 Å². The van der Waals surface area contributed by atoms with E-state index in [1.807, 2.05) is 0 Å². The lowest BCUT2D eigenvalue weighted by molar-refractivity contribution is 0.502. The van der Waals surface area contributed by atoms with E-state index in [0.29, 0.717) is 10.8 Å². The molecule has 0 N–H and O–H groups in total.